The Morgan fingerprint density at radius 3 is 2.33 bits per heavy atom. The van der Waals surface area contributed by atoms with Crippen LogP contribution in [0.4, 0.5) is 0 Å². The van der Waals surface area contributed by atoms with Gasteiger partial charge in [0.2, 0.25) is 5.78 Å². The molecule has 2 atom stereocenters. The zero-order chi connectivity index (χ0) is 25.8. The first-order valence-electron chi connectivity index (χ1n) is 12.0. The number of hydrogen-bond acceptors (Lipinski definition) is 8. The van der Waals surface area contributed by atoms with Crippen LogP contribution in [0.25, 0.3) is 0 Å². The van der Waals surface area contributed by atoms with E-state index in [4.69, 9.17) is 18.9 Å². The molecule has 0 aliphatic carbocycles. The van der Waals surface area contributed by atoms with Crippen molar-refractivity contribution in [3.05, 3.63) is 53.1 Å². The third kappa shape index (κ3) is 4.81. The van der Waals surface area contributed by atoms with Gasteiger partial charge in [0.1, 0.15) is 11.7 Å². The molecule has 2 aromatic carbocycles. The van der Waals surface area contributed by atoms with E-state index in [1.54, 1.807) is 43.5 Å². The molecule has 0 saturated carbocycles. The van der Waals surface area contributed by atoms with E-state index in [9.17, 15) is 14.4 Å². The fourth-order valence-corrected chi connectivity index (χ4v) is 5.00. The number of ketones is 2. The number of hydrogen-bond donors (Lipinski definition) is 0. The number of amides is 1. The lowest BCUT2D eigenvalue weighted by Gasteiger charge is -2.32. The number of methoxy groups -OCH3 is 3. The van der Waals surface area contributed by atoms with Gasteiger partial charge in [-0.1, -0.05) is 12.1 Å². The Kier molecular flexibility index (Phi) is 7.91. The molecule has 2 heterocycles. The van der Waals surface area contributed by atoms with Gasteiger partial charge in [0.25, 0.3) is 5.91 Å². The number of carbonyl (C=O) groups is 3. The molecule has 2 saturated heterocycles. The summed E-state index contributed by atoms with van der Waals surface area (Å²) in [6, 6.07) is 9.47. The van der Waals surface area contributed by atoms with E-state index in [1.165, 1.54) is 19.1 Å². The predicted octanol–water partition coefficient (Wildman–Crippen LogP) is 2.30. The number of benzene rings is 2. The van der Waals surface area contributed by atoms with Crippen LogP contribution < -0.4 is 14.2 Å². The molecule has 2 aliphatic rings. The van der Waals surface area contributed by atoms with Crippen LogP contribution in [0.2, 0.25) is 0 Å². The molecule has 2 aliphatic heterocycles. The molecule has 2 aromatic rings. The van der Waals surface area contributed by atoms with Gasteiger partial charge in [0.15, 0.2) is 17.3 Å². The van der Waals surface area contributed by atoms with E-state index in [1.807, 2.05) is 6.92 Å². The van der Waals surface area contributed by atoms with E-state index in [-0.39, 0.29) is 0 Å². The summed E-state index contributed by atoms with van der Waals surface area (Å²) >= 11 is 0. The summed E-state index contributed by atoms with van der Waals surface area (Å²) in [6.07, 6.45) is 0. The van der Waals surface area contributed by atoms with E-state index < -0.39 is 29.4 Å². The van der Waals surface area contributed by atoms with Crippen LogP contribution in [0.15, 0.2) is 36.4 Å². The van der Waals surface area contributed by atoms with Crippen molar-refractivity contribution < 1.29 is 33.3 Å². The van der Waals surface area contributed by atoms with Crippen LogP contribution in [0.3, 0.4) is 0 Å². The minimum absolute atomic E-state index is 0.293. The van der Waals surface area contributed by atoms with Crippen molar-refractivity contribution in [2.45, 2.75) is 13.0 Å². The average Bonchev–Trinajstić information content (AvgIpc) is 3.16. The maximum Gasteiger partial charge on any atom is 0.291 e. The van der Waals surface area contributed by atoms with Gasteiger partial charge >= 0.3 is 0 Å². The lowest BCUT2D eigenvalue weighted by molar-refractivity contribution is -0.141. The Balaban J connectivity index is 1.76. The molecule has 0 spiro atoms. The number of morpholine rings is 1. The van der Waals surface area contributed by atoms with Crippen LogP contribution in [0, 0.1) is 12.8 Å². The van der Waals surface area contributed by atoms with Crippen molar-refractivity contribution in [2.75, 3.05) is 60.7 Å². The van der Waals surface area contributed by atoms with Gasteiger partial charge in [0.05, 0.1) is 40.6 Å². The SMILES string of the molecule is COc1ccc(C(=O)C2C(=O)C(=O)N(CCN3CCOCC3)C2c2cccc(OC)c2OC)cc1C. The summed E-state index contributed by atoms with van der Waals surface area (Å²) in [7, 11) is 4.58. The highest BCUT2D eigenvalue weighted by Gasteiger charge is 2.52. The maximum absolute atomic E-state index is 13.8. The Labute approximate surface area is 210 Å². The van der Waals surface area contributed by atoms with Crippen molar-refractivity contribution in [1.82, 2.24) is 9.80 Å². The fourth-order valence-electron chi connectivity index (χ4n) is 5.00. The highest BCUT2D eigenvalue weighted by Crippen LogP contribution is 2.45. The van der Waals surface area contributed by atoms with Gasteiger partial charge in [-0.15, -0.1) is 0 Å². The average molecular weight is 497 g/mol. The molecule has 192 valence electrons. The first-order valence-corrected chi connectivity index (χ1v) is 12.0. The predicted molar refractivity (Wildman–Crippen MR) is 132 cm³/mol. The zero-order valence-corrected chi connectivity index (χ0v) is 21.1. The highest BCUT2D eigenvalue weighted by atomic mass is 16.5. The van der Waals surface area contributed by atoms with Crippen molar-refractivity contribution in [3.8, 4) is 17.2 Å². The second kappa shape index (κ2) is 11.1. The van der Waals surface area contributed by atoms with Gasteiger partial charge in [0, 0.05) is 37.3 Å². The topological polar surface area (TPSA) is 94.6 Å². The number of rotatable bonds is 9. The minimum Gasteiger partial charge on any atom is -0.496 e. The summed E-state index contributed by atoms with van der Waals surface area (Å²) in [5.74, 6) is -1.52. The number of Topliss-reactive ketones (excluding diaryl/α,β-unsaturated/α-hetero) is 2. The van der Waals surface area contributed by atoms with Crippen LogP contribution in [0.5, 0.6) is 17.2 Å². The van der Waals surface area contributed by atoms with Crippen LogP contribution in [0.1, 0.15) is 27.5 Å². The van der Waals surface area contributed by atoms with Crippen molar-refractivity contribution in [1.29, 1.82) is 0 Å². The van der Waals surface area contributed by atoms with Gasteiger partial charge in [-0.2, -0.15) is 0 Å². The molecule has 2 unspecified atom stereocenters. The highest BCUT2D eigenvalue weighted by molar-refractivity contribution is 6.44. The third-order valence-electron chi connectivity index (χ3n) is 6.88. The van der Waals surface area contributed by atoms with E-state index in [0.717, 1.165) is 18.7 Å². The molecule has 0 N–H and O–H groups in total. The fraction of sp³-hybridized carbons (Fsp3) is 0.444. The molecule has 36 heavy (non-hydrogen) atoms. The first kappa shape index (κ1) is 25.7. The molecule has 2 fully saturated rings. The summed E-state index contributed by atoms with van der Waals surface area (Å²) in [5, 5.41) is 0. The Bertz CT molecular complexity index is 1140. The van der Waals surface area contributed by atoms with Gasteiger partial charge in [-0.25, -0.2) is 0 Å². The van der Waals surface area contributed by atoms with Crippen molar-refractivity contribution >= 4 is 17.5 Å². The first-order chi connectivity index (χ1) is 17.4. The molecule has 9 heteroatoms. The standard InChI is InChI=1S/C27H32N2O7/c1-17-16-18(8-9-20(17)33-2)24(30)22-23(19-6-5-7-21(34-3)26(19)35-4)29(27(32)25(22)31)11-10-28-12-14-36-15-13-28/h5-9,16,22-23H,10-15H2,1-4H3. The quantitative estimate of drug-likeness (QED) is 0.297. The Hall–Kier alpha value is -3.43. The van der Waals surface area contributed by atoms with Gasteiger partial charge in [-0.3, -0.25) is 19.3 Å². The molecule has 4 rings (SSSR count). The Morgan fingerprint density at radius 1 is 0.972 bits per heavy atom. The second-order valence-corrected chi connectivity index (χ2v) is 8.87. The molecular weight excluding hydrogens is 464 g/mol. The smallest absolute Gasteiger partial charge is 0.291 e. The monoisotopic (exact) mass is 496 g/mol. The normalized spacial score (nSPS) is 20.5. The largest absolute Gasteiger partial charge is 0.496 e. The minimum atomic E-state index is -1.21. The lowest BCUT2D eigenvalue weighted by atomic mass is 9.85. The number of nitrogens with zero attached hydrogens (tertiary/aromatic N) is 2. The molecule has 0 radical (unpaired) electrons. The van der Waals surface area contributed by atoms with Crippen molar-refractivity contribution in [2.24, 2.45) is 5.92 Å². The molecular formula is C27H32N2O7. The molecule has 9 nitrogen and oxygen atoms in total. The molecule has 0 bridgehead atoms. The zero-order valence-electron chi connectivity index (χ0n) is 21.1. The lowest BCUT2D eigenvalue weighted by Crippen LogP contribution is -2.43. The summed E-state index contributed by atoms with van der Waals surface area (Å²) in [4.78, 5) is 44.2. The van der Waals surface area contributed by atoms with Crippen LogP contribution in [-0.2, 0) is 14.3 Å². The number of ether oxygens (including phenoxy) is 4. The number of aryl methyl sites for hydroxylation is 1. The van der Waals surface area contributed by atoms with E-state index in [2.05, 4.69) is 4.90 Å². The maximum atomic E-state index is 13.8. The Morgan fingerprint density at radius 2 is 1.69 bits per heavy atom. The van der Waals surface area contributed by atoms with E-state index in [0.29, 0.717) is 54.7 Å². The number of para-hydroxylation sites is 1. The molecule has 0 aromatic heterocycles. The van der Waals surface area contributed by atoms with E-state index >= 15 is 0 Å². The van der Waals surface area contributed by atoms with Gasteiger partial charge < -0.3 is 23.8 Å². The summed E-state index contributed by atoms with van der Waals surface area (Å²) in [5.41, 5.74) is 1.67. The summed E-state index contributed by atoms with van der Waals surface area (Å²) < 4.78 is 21.8. The number of likely N-dealkylation sites (tertiary alicyclic amines) is 1. The van der Waals surface area contributed by atoms with Gasteiger partial charge in [-0.05, 0) is 36.8 Å². The third-order valence-corrected chi connectivity index (χ3v) is 6.88. The number of carbonyl (C=O) groups excluding carboxylic acids is 3. The molecule has 1 amide bonds. The van der Waals surface area contributed by atoms with Crippen LogP contribution in [-0.4, -0.2) is 88.0 Å². The second-order valence-electron chi connectivity index (χ2n) is 8.87. The summed E-state index contributed by atoms with van der Waals surface area (Å²) in [6.45, 7) is 5.42. The van der Waals surface area contributed by atoms with Crippen molar-refractivity contribution in [3.63, 3.8) is 0 Å². The van der Waals surface area contributed by atoms with Crippen LogP contribution >= 0.6 is 0 Å².